The van der Waals surface area contributed by atoms with Gasteiger partial charge in [0.25, 0.3) is 5.91 Å². The second-order valence-electron chi connectivity index (χ2n) is 7.05. The molecule has 0 heterocycles. The van der Waals surface area contributed by atoms with Gasteiger partial charge in [-0.2, -0.15) is 5.26 Å². The van der Waals surface area contributed by atoms with Gasteiger partial charge in [-0.05, 0) is 40.6 Å². The molecule has 3 aromatic carbocycles. The first-order valence-corrected chi connectivity index (χ1v) is 9.77. The molecule has 0 aliphatic carbocycles. The van der Waals surface area contributed by atoms with Crippen molar-refractivity contribution in [3.05, 3.63) is 77.9 Å². The predicted molar refractivity (Wildman–Crippen MR) is 118 cm³/mol. The van der Waals surface area contributed by atoms with Gasteiger partial charge in [0.05, 0.1) is 6.07 Å². The number of fused-ring (bicyclic) bond motifs is 1. The Morgan fingerprint density at radius 2 is 1.68 bits per heavy atom. The molecular formula is C24H22N4O3. The van der Waals surface area contributed by atoms with Gasteiger partial charge >= 0.3 is 0 Å². The summed E-state index contributed by atoms with van der Waals surface area (Å²) >= 11 is 0. The summed E-state index contributed by atoms with van der Waals surface area (Å²) in [4.78, 5) is 36.5. The minimum Gasteiger partial charge on any atom is -0.341 e. The average Bonchev–Trinajstić information content (AvgIpc) is 2.77. The summed E-state index contributed by atoms with van der Waals surface area (Å²) in [6.07, 6.45) is 0.276. The number of nitrogens with zero attached hydrogens (tertiary/aromatic N) is 1. The Morgan fingerprint density at radius 1 is 0.968 bits per heavy atom. The van der Waals surface area contributed by atoms with Gasteiger partial charge in [0.2, 0.25) is 11.8 Å². The lowest BCUT2D eigenvalue weighted by Crippen LogP contribution is -2.48. The van der Waals surface area contributed by atoms with E-state index >= 15 is 0 Å². The molecule has 0 saturated heterocycles. The summed E-state index contributed by atoms with van der Waals surface area (Å²) in [5.41, 5.74) is 1.81. The maximum absolute atomic E-state index is 12.7. The summed E-state index contributed by atoms with van der Waals surface area (Å²) in [7, 11) is 0. The van der Waals surface area contributed by atoms with E-state index in [0.717, 1.165) is 16.3 Å². The minimum absolute atomic E-state index is 0.145. The maximum atomic E-state index is 12.7. The Bertz CT molecular complexity index is 1150. The summed E-state index contributed by atoms with van der Waals surface area (Å²) in [5.74, 6) is -1.06. The predicted octanol–water partition coefficient (Wildman–Crippen LogP) is 2.78. The van der Waals surface area contributed by atoms with Gasteiger partial charge in [0, 0.05) is 24.6 Å². The number of rotatable bonds is 7. The molecule has 156 valence electrons. The Balaban J connectivity index is 1.77. The largest absolute Gasteiger partial charge is 0.341 e. The standard InChI is InChI=1S/C24H22N4O3/c1-16(29)27-21-10-8-19(9-11-21)23(30)28-22(24(31)26-13-12-25)15-17-6-7-18-4-2-3-5-20(18)14-17/h2-11,14,22H,13,15H2,1H3,(H,26,31)(H,27,29)(H,28,30). The van der Waals surface area contributed by atoms with E-state index in [-0.39, 0.29) is 18.9 Å². The zero-order valence-electron chi connectivity index (χ0n) is 17.0. The van der Waals surface area contributed by atoms with Gasteiger partial charge in [-0.3, -0.25) is 14.4 Å². The number of hydrogen-bond donors (Lipinski definition) is 3. The maximum Gasteiger partial charge on any atom is 0.251 e. The van der Waals surface area contributed by atoms with Crippen molar-refractivity contribution in [1.82, 2.24) is 10.6 Å². The Morgan fingerprint density at radius 3 is 2.35 bits per heavy atom. The molecule has 1 unspecified atom stereocenters. The van der Waals surface area contributed by atoms with Gasteiger partial charge in [0.15, 0.2) is 0 Å². The first-order valence-electron chi connectivity index (χ1n) is 9.77. The van der Waals surface area contributed by atoms with E-state index in [1.54, 1.807) is 24.3 Å². The summed E-state index contributed by atoms with van der Waals surface area (Å²) in [6, 6.07) is 21.1. The highest BCUT2D eigenvalue weighted by Crippen LogP contribution is 2.17. The third-order valence-electron chi connectivity index (χ3n) is 4.68. The third kappa shape index (κ3) is 5.90. The van der Waals surface area contributed by atoms with Crippen LogP contribution >= 0.6 is 0 Å². The van der Waals surface area contributed by atoms with E-state index in [0.29, 0.717) is 11.3 Å². The van der Waals surface area contributed by atoms with Crippen LogP contribution in [0, 0.1) is 11.3 Å². The number of anilines is 1. The molecule has 7 nitrogen and oxygen atoms in total. The lowest BCUT2D eigenvalue weighted by Gasteiger charge is -2.18. The first-order chi connectivity index (χ1) is 15.0. The van der Waals surface area contributed by atoms with Crippen molar-refractivity contribution in [3.63, 3.8) is 0 Å². The van der Waals surface area contributed by atoms with Crippen LogP contribution < -0.4 is 16.0 Å². The van der Waals surface area contributed by atoms with Crippen molar-refractivity contribution >= 4 is 34.2 Å². The van der Waals surface area contributed by atoms with Crippen LogP contribution in [-0.2, 0) is 16.0 Å². The SMILES string of the molecule is CC(=O)Nc1ccc(C(=O)NC(Cc2ccc3ccccc3c2)C(=O)NCC#N)cc1. The van der Waals surface area contributed by atoms with E-state index in [1.165, 1.54) is 6.92 Å². The molecule has 0 radical (unpaired) electrons. The molecule has 3 rings (SSSR count). The molecule has 0 bridgehead atoms. The fourth-order valence-corrected chi connectivity index (χ4v) is 3.21. The van der Waals surface area contributed by atoms with E-state index in [9.17, 15) is 14.4 Å². The van der Waals surface area contributed by atoms with Crippen molar-refractivity contribution in [3.8, 4) is 6.07 Å². The fraction of sp³-hybridized carbons (Fsp3) is 0.167. The topological polar surface area (TPSA) is 111 Å². The number of nitriles is 1. The second kappa shape index (κ2) is 10.0. The normalized spacial score (nSPS) is 11.2. The van der Waals surface area contributed by atoms with Crippen LogP contribution in [0.4, 0.5) is 5.69 Å². The minimum atomic E-state index is -0.850. The molecule has 0 fully saturated rings. The molecule has 0 aromatic heterocycles. The quantitative estimate of drug-likeness (QED) is 0.516. The number of carbonyl (C=O) groups is 3. The number of nitrogens with one attached hydrogen (secondary N) is 3. The zero-order valence-corrected chi connectivity index (χ0v) is 17.0. The van der Waals surface area contributed by atoms with Crippen LogP contribution in [0.15, 0.2) is 66.7 Å². The van der Waals surface area contributed by atoms with Crippen LogP contribution in [0.25, 0.3) is 10.8 Å². The van der Waals surface area contributed by atoms with E-state index in [4.69, 9.17) is 5.26 Å². The Kier molecular flexibility index (Phi) is 6.97. The summed E-state index contributed by atoms with van der Waals surface area (Å²) < 4.78 is 0. The first kappa shape index (κ1) is 21.5. The molecule has 0 aliphatic rings. The number of hydrogen-bond acceptors (Lipinski definition) is 4. The van der Waals surface area contributed by atoms with E-state index in [1.807, 2.05) is 48.5 Å². The zero-order chi connectivity index (χ0) is 22.2. The second-order valence-corrected chi connectivity index (χ2v) is 7.05. The van der Waals surface area contributed by atoms with Crippen LogP contribution in [-0.4, -0.2) is 30.3 Å². The molecule has 3 amide bonds. The van der Waals surface area contributed by atoms with Gasteiger partial charge in [-0.25, -0.2) is 0 Å². The highest BCUT2D eigenvalue weighted by atomic mass is 16.2. The van der Waals surface area contributed by atoms with E-state index < -0.39 is 17.9 Å². The molecule has 31 heavy (non-hydrogen) atoms. The lowest BCUT2D eigenvalue weighted by atomic mass is 10.0. The fourth-order valence-electron chi connectivity index (χ4n) is 3.21. The van der Waals surface area contributed by atoms with Crippen molar-refractivity contribution in [2.45, 2.75) is 19.4 Å². The Hall–Kier alpha value is -4.18. The van der Waals surface area contributed by atoms with Crippen molar-refractivity contribution in [2.75, 3.05) is 11.9 Å². The van der Waals surface area contributed by atoms with E-state index in [2.05, 4.69) is 16.0 Å². The lowest BCUT2D eigenvalue weighted by molar-refractivity contribution is -0.122. The van der Waals surface area contributed by atoms with Crippen molar-refractivity contribution < 1.29 is 14.4 Å². The van der Waals surface area contributed by atoms with Crippen LogP contribution in [0.1, 0.15) is 22.8 Å². The highest BCUT2D eigenvalue weighted by molar-refractivity contribution is 5.98. The van der Waals surface area contributed by atoms with Gasteiger partial charge in [0.1, 0.15) is 12.6 Å². The van der Waals surface area contributed by atoms with Crippen LogP contribution in [0.2, 0.25) is 0 Å². The highest BCUT2D eigenvalue weighted by Gasteiger charge is 2.22. The van der Waals surface area contributed by atoms with Crippen LogP contribution in [0.3, 0.4) is 0 Å². The Labute approximate surface area is 180 Å². The summed E-state index contributed by atoms with van der Waals surface area (Å²) in [6.45, 7) is 1.26. The molecule has 7 heteroatoms. The molecule has 0 spiro atoms. The number of carbonyl (C=O) groups excluding carboxylic acids is 3. The molecule has 3 aromatic rings. The van der Waals surface area contributed by atoms with Gasteiger partial charge in [-0.1, -0.05) is 42.5 Å². The van der Waals surface area contributed by atoms with Crippen LogP contribution in [0.5, 0.6) is 0 Å². The van der Waals surface area contributed by atoms with Gasteiger partial charge < -0.3 is 16.0 Å². The van der Waals surface area contributed by atoms with Crippen molar-refractivity contribution in [1.29, 1.82) is 5.26 Å². The molecular weight excluding hydrogens is 392 g/mol. The smallest absolute Gasteiger partial charge is 0.251 e. The van der Waals surface area contributed by atoms with Gasteiger partial charge in [-0.15, -0.1) is 0 Å². The molecule has 0 saturated carbocycles. The van der Waals surface area contributed by atoms with Crippen molar-refractivity contribution in [2.24, 2.45) is 0 Å². The summed E-state index contributed by atoms with van der Waals surface area (Å²) in [5, 5.41) is 18.8. The molecule has 3 N–H and O–H groups in total. The third-order valence-corrected chi connectivity index (χ3v) is 4.68. The molecule has 1 atom stereocenters. The number of amides is 3. The molecule has 0 aliphatic heterocycles. The monoisotopic (exact) mass is 414 g/mol. The average molecular weight is 414 g/mol. The number of benzene rings is 3.